The normalized spacial score (nSPS) is 14.6. The fourth-order valence-corrected chi connectivity index (χ4v) is 1.30. The summed E-state index contributed by atoms with van der Waals surface area (Å²) in [6, 6.07) is 0. The minimum atomic E-state index is -0.827. The highest BCUT2D eigenvalue weighted by molar-refractivity contribution is 5.95. The predicted octanol–water partition coefficient (Wildman–Crippen LogP) is 2.55. The number of rotatable bonds is 6. The summed E-state index contributed by atoms with van der Waals surface area (Å²) in [5.74, 6) is -1.94. The Morgan fingerprint density at radius 3 is 1.76 bits per heavy atom. The summed E-state index contributed by atoms with van der Waals surface area (Å²) in [6.07, 6.45) is 0.339. The molecule has 0 aliphatic carbocycles. The van der Waals surface area contributed by atoms with Crippen LogP contribution in [0.25, 0.3) is 0 Å². The highest BCUT2D eigenvalue weighted by Crippen LogP contribution is 2.17. The summed E-state index contributed by atoms with van der Waals surface area (Å²) in [5, 5.41) is 0. The number of carbonyl (C=O) groups excluding carboxylic acids is 2. The highest BCUT2D eigenvalue weighted by atomic mass is 16.6. The molecule has 0 aromatic heterocycles. The Balaban J connectivity index is 4.62. The van der Waals surface area contributed by atoms with Crippen LogP contribution in [-0.4, -0.2) is 24.1 Å². The number of carbonyl (C=O) groups is 2. The second-order valence-corrected chi connectivity index (χ2v) is 4.86. The van der Waals surface area contributed by atoms with Crippen molar-refractivity contribution in [2.75, 3.05) is 0 Å². The van der Waals surface area contributed by atoms with Gasteiger partial charge in [-0.25, -0.2) is 0 Å². The maximum atomic E-state index is 11.9. The zero-order valence-corrected chi connectivity index (χ0v) is 11.6. The lowest BCUT2D eigenvalue weighted by atomic mass is 9.96. The summed E-state index contributed by atoms with van der Waals surface area (Å²) in [6.45, 7) is 10.9. The molecule has 0 fully saturated rings. The average molecular weight is 244 g/mol. The largest absolute Gasteiger partial charge is 0.462 e. The van der Waals surface area contributed by atoms with Crippen LogP contribution in [0.3, 0.4) is 0 Å². The molecule has 0 saturated heterocycles. The van der Waals surface area contributed by atoms with Crippen molar-refractivity contribution >= 4 is 11.9 Å². The molecular weight excluding hydrogens is 220 g/mol. The third-order valence-corrected chi connectivity index (χ3v) is 2.42. The fraction of sp³-hybridized carbons (Fsp3) is 0.846. The molecule has 0 aromatic rings. The molecule has 4 nitrogen and oxygen atoms in total. The standard InChI is InChI=1S/C13H24O4/c1-7-10(6)17-13(15)11(8(2)3)12(14)16-9(4)5/h8-11H,7H2,1-6H3. The molecule has 0 aliphatic heterocycles. The van der Waals surface area contributed by atoms with Crippen LogP contribution in [-0.2, 0) is 19.1 Å². The maximum Gasteiger partial charge on any atom is 0.320 e. The number of hydrogen-bond acceptors (Lipinski definition) is 4. The molecule has 100 valence electrons. The lowest BCUT2D eigenvalue weighted by Crippen LogP contribution is -2.35. The molecule has 17 heavy (non-hydrogen) atoms. The molecule has 2 atom stereocenters. The van der Waals surface area contributed by atoms with Crippen LogP contribution in [0.15, 0.2) is 0 Å². The Labute approximate surface area is 104 Å². The van der Waals surface area contributed by atoms with Crippen molar-refractivity contribution in [1.82, 2.24) is 0 Å². The van der Waals surface area contributed by atoms with E-state index in [-0.39, 0.29) is 18.1 Å². The zero-order chi connectivity index (χ0) is 13.6. The first-order valence-corrected chi connectivity index (χ1v) is 6.20. The smallest absolute Gasteiger partial charge is 0.320 e. The van der Waals surface area contributed by atoms with Gasteiger partial charge in [-0.1, -0.05) is 20.8 Å². The number of hydrogen-bond donors (Lipinski definition) is 0. The van der Waals surface area contributed by atoms with Crippen molar-refractivity contribution in [2.24, 2.45) is 11.8 Å². The molecule has 0 radical (unpaired) electrons. The van der Waals surface area contributed by atoms with E-state index < -0.39 is 17.9 Å². The highest BCUT2D eigenvalue weighted by Gasteiger charge is 2.34. The second kappa shape index (κ2) is 7.30. The van der Waals surface area contributed by atoms with Crippen LogP contribution in [0, 0.1) is 11.8 Å². The van der Waals surface area contributed by atoms with Gasteiger partial charge in [0.05, 0.1) is 12.2 Å². The van der Waals surface area contributed by atoms with Gasteiger partial charge in [0.15, 0.2) is 5.92 Å². The zero-order valence-electron chi connectivity index (χ0n) is 11.6. The van der Waals surface area contributed by atoms with E-state index in [1.54, 1.807) is 13.8 Å². The molecule has 0 aliphatic rings. The summed E-state index contributed by atoms with van der Waals surface area (Å²) in [7, 11) is 0. The van der Waals surface area contributed by atoms with Gasteiger partial charge in [-0.05, 0) is 33.1 Å². The van der Waals surface area contributed by atoms with Crippen molar-refractivity contribution in [3.63, 3.8) is 0 Å². The molecule has 0 amide bonds. The minimum Gasteiger partial charge on any atom is -0.462 e. The Hall–Kier alpha value is -1.06. The van der Waals surface area contributed by atoms with Crippen molar-refractivity contribution in [2.45, 2.75) is 60.2 Å². The summed E-state index contributed by atoms with van der Waals surface area (Å²) < 4.78 is 10.3. The van der Waals surface area contributed by atoms with Crippen LogP contribution in [0.4, 0.5) is 0 Å². The first-order chi connectivity index (χ1) is 7.79. The third kappa shape index (κ3) is 5.71. The fourth-order valence-electron chi connectivity index (χ4n) is 1.30. The molecule has 0 spiro atoms. The Morgan fingerprint density at radius 2 is 1.41 bits per heavy atom. The monoisotopic (exact) mass is 244 g/mol. The van der Waals surface area contributed by atoms with Gasteiger partial charge in [0.25, 0.3) is 0 Å². The molecule has 2 unspecified atom stereocenters. The van der Waals surface area contributed by atoms with E-state index in [0.29, 0.717) is 0 Å². The minimum absolute atomic E-state index is 0.127. The summed E-state index contributed by atoms with van der Waals surface area (Å²) in [5.41, 5.74) is 0. The maximum absolute atomic E-state index is 11.9. The van der Waals surface area contributed by atoms with Crippen LogP contribution in [0.1, 0.15) is 48.0 Å². The number of esters is 2. The summed E-state index contributed by atoms with van der Waals surface area (Å²) >= 11 is 0. The third-order valence-electron chi connectivity index (χ3n) is 2.42. The van der Waals surface area contributed by atoms with E-state index >= 15 is 0 Å². The van der Waals surface area contributed by atoms with Gasteiger partial charge in [-0.15, -0.1) is 0 Å². The first-order valence-electron chi connectivity index (χ1n) is 6.20. The van der Waals surface area contributed by atoms with Crippen molar-refractivity contribution in [3.8, 4) is 0 Å². The molecular formula is C13H24O4. The Bertz CT molecular complexity index is 258. The van der Waals surface area contributed by atoms with Gasteiger partial charge in [-0.3, -0.25) is 9.59 Å². The van der Waals surface area contributed by atoms with Gasteiger partial charge < -0.3 is 9.47 Å². The molecule has 4 heteroatoms. The molecule has 0 aromatic carbocycles. The van der Waals surface area contributed by atoms with E-state index in [4.69, 9.17) is 9.47 Å². The number of ether oxygens (including phenoxy) is 2. The molecule has 0 bridgehead atoms. The quantitative estimate of drug-likeness (QED) is 0.532. The topological polar surface area (TPSA) is 52.6 Å². The molecule has 0 heterocycles. The SMILES string of the molecule is CCC(C)OC(=O)C(C(=O)OC(C)C)C(C)C. The van der Waals surface area contributed by atoms with Gasteiger partial charge in [0.1, 0.15) is 0 Å². The van der Waals surface area contributed by atoms with E-state index in [9.17, 15) is 9.59 Å². The van der Waals surface area contributed by atoms with Crippen molar-refractivity contribution in [1.29, 1.82) is 0 Å². The van der Waals surface area contributed by atoms with E-state index in [1.807, 2.05) is 27.7 Å². The van der Waals surface area contributed by atoms with Crippen LogP contribution in [0.2, 0.25) is 0 Å². The van der Waals surface area contributed by atoms with Crippen molar-refractivity contribution < 1.29 is 19.1 Å². The van der Waals surface area contributed by atoms with Crippen LogP contribution in [0.5, 0.6) is 0 Å². The van der Waals surface area contributed by atoms with Gasteiger partial charge in [-0.2, -0.15) is 0 Å². The van der Waals surface area contributed by atoms with E-state index in [0.717, 1.165) is 6.42 Å². The molecule has 0 saturated carbocycles. The van der Waals surface area contributed by atoms with E-state index in [2.05, 4.69) is 0 Å². The second-order valence-electron chi connectivity index (χ2n) is 4.86. The van der Waals surface area contributed by atoms with Gasteiger partial charge >= 0.3 is 11.9 Å². The first kappa shape index (κ1) is 15.9. The predicted molar refractivity (Wildman–Crippen MR) is 65.4 cm³/mol. The van der Waals surface area contributed by atoms with E-state index in [1.165, 1.54) is 0 Å². The van der Waals surface area contributed by atoms with Crippen molar-refractivity contribution in [3.05, 3.63) is 0 Å². The van der Waals surface area contributed by atoms with Gasteiger partial charge in [0, 0.05) is 0 Å². The summed E-state index contributed by atoms with van der Waals surface area (Å²) in [4.78, 5) is 23.6. The van der Waals surface area contributed by atoms with Crippen LogP contribution >= 0.6 is 0 Å². The molecule has 0 rings (SSSR count). The average Bonchev–Trinajstić information content (AvgIpc) is 2.15. The lowest BCUT2D eigenvalue weighted by Gasteiger charge is -2.21. The van der Waals surface area contributed by atoms with Gasteiger partial charge in [0.2, 0.25) is 0 Å². The Morgan fingerprint density at radius 1 is 0.941 bits per heavy atom. The molecule has 0 N–H and O–H groups in total. The lowest BCUT2D eigenvalue weighted by molar-refractivity contribution is -0.169. The Kier molecular flexibility index (Phi) is 6.85. The van der Waals surface area contributed by atoms with Crippen LogP contribution < -0.4 is 0 Å².